The number of anilines is 1. The molecule has 0 bridgehead atoms. The molecule has 0 spiro atoms. The Kier molecular flexibility index (Phi) is 4.81. The topological polar surface area (TPSA) is 77.8 Å². The lowest BCUT2D eigenvalue weighted by molar-refractivity contribution is 0.143. The number of amides is 2. The molecular weight excluding hydrogens is 344 g/mol. The Morgan fingerprint density at radius 1 is 1.07 bits per heavy atom. The first kappa shape index (κ1) is 17.2. The summed E-state index contributed by atoms with van der Waals surface area (Å²) >= 11 is 0. The number of piperazine rings is 1. The number of carbonyl (C=O) groups excluding carboxylic acids is 1. The van der Waals surface area contributed by atoms with Crippen molar-refractivity contribution < 1.29 is 14.3 Å². The quantitative estimate of drug-likeness (QED) is 0.906. The van der Waals surface area contributed by atoms with Crippen molar-refractivity contribution in [3.63, 3.8) is 0 Å². The summed E-state index contributed by atoms with van der Waals surface area (Å²) in [6.07, 6.45) is 0. The van der Waals surface area contributed by atoms with Crippen LogP contribution in [0.1, 0.15) is 11.1 Å². The van der Waals surface area contributed by atoms with E-state index in [4.69, 9.17) is 14.7 Å². The van der Waals surface area contributed by atoms with E-state index >= 15 is 0 Å². The zero-order chi connectivity index (χ0) is 18.6. The number of hydrogen-bond acceptors (Lipinski definition) is 5. The van der Waals surface area contributed by atoms with E-state index in [1.165, 1.54) is 5.56 Å². The molecule has 2 aliphatic rings. The maximum absolute atomic E-state index is 12.4. The first-order valence-corrected chi connectivity index (χ1v) is 8.88. The summed E-state index contributed by atoms with van der Waals surface area (Å²) in [6.45, 7) is 4.03. The molecule has 4 rings (SSSR count). The molecule has 1 fully saturated rings. The Morgan fingerprint density at radius 3 is 2.70 bits per heavy atom. The zero-order valence-corrected chi connectivity index (χ0v) is 14.9. The summed E-state index contributed by atoms with van der Waals surface area (Å²) in [4.78, 5) is 16.6. The van der Waals surface area contributed by atoms with Gasteiger partial charge in [0, 0.05) is 38.4 Å². The van der Waals surface area contributed by atoms with Gasteiger partial charge in [0.05, 0.1) is 11.6 Å². The van der Waals surface area contributed by atoms with Crippen molar-refractivity contribution in [3.05, 3.63) is 53.6 Å². The van der Waals surface area contributed by atoms with Crippen LogP contribution in [0.2, 0.25) is 0 Å². The van der Waals surface area contributed by atoms with Crippen molar-refractivity contribution in [2.75, 3.05) is 38.3 Å². The normalized spacial score (nSPS) is 16.0. The van der Waals surface area contributed by atoms with Gasteiger partial charge >= 0.3 is 6.03 Å². The Balaban J connectivity index is 1.29. The molecule has 0 aromatic heterocycles. The average molecular weight is 364 g/mol. The van der Waals surface area contributed by atoms with Crippen molar-refractivity contribution >= 4 is 11.7 Å². The predicted molar refractivity (Wildman–Crippen MR) is 99.6 cm³/mol. The third-order valence-electron chi connectivity index (χ3n) is 4.75. The number of ether oxygens (including phenoxy) is 2. The molecule has 0 atom stereocenters. The number of rotatable bonds is 3. The number of urea groups is 1. The van der Waals surface area contributed by atoms with E-state index in [0.717, 1.165) is 31.1 Å². The minimum atomic E-state index is -0.132. The van der Waals surface area contributed by atoms with Crippen LogP contribution in [0.5, 0.6) is 11.5 Å². The van der Waals surface area contributed by atoms with Crippen molar-refractivity contribution in [3.8, 4) is 17.6 Å². The second kappa shape index (κ2) is 7.56. The van der Waals surface area contributed by atoms with Gasteiger partial charge in [-0.15, -0.1) is 0 Å². The SMILES string of the molecule is N#Cc1cccc(NC(=O)N2CCN(Cc3ccc4c(c3)OCO4)CC2)c1. The van der Waals surface area contributed by atoms with Crippen LogP contribution in [0.15, 0.2) is 42.5 Å². The Hall–Kier alpha value is -3.24. The minimum Gasteiger partial charge on any atom is -0.454 e. The van der Waals surface area contributed by atoms with E-state index in [1.807, 2.05) is 12.1 Å². The van der Waals surface area contributed by atoms with Crippen molar-refractivity contribution in [1.29, 1.82) is 5.26 Å². The van der Waals surface area contributed by atoms with Gasteiger partial charge in [-0.2, -0.15) is 5.26 Å². The first-order valence-electron chi connectivity index (χ1n) is 8.88. The Morgan fingerprint density at radius 2 is 1.89 bits per heavy atom. The molecule has 2 aromatic rings. The molecular formula is C20H20N4O3. The molecule has 2 aliphatic heterocycles. The minimum absolute atomic E-state index is 0.132. The standard InChI is InChI=1S/C20H20N4O3/c21-12-15-2-1-3-17(10-15)22-20(25)24-8-6-23(7-9-24)13-16-4-5-18-19(11-16)27-14-26-18/h1-5,10-11H,6-9,13-14H2,(H,22,25). The van der Waals surface area contributed by atoms with E-state index in [2.05, 4.69) is 22.4 Å². The van der Waals surface area contributed by atoms with Crippen LogP contribution in [-0.4, -0.2) is 48.8 Å². The summed E-state index contributed by atoms with van der Waals surface area (Å²) in [5.74, 6) is 1.59. The summed E-state index contributed by atoms with van der Waals surface area (Å²) in [5, 5.41) is 11.8. The molecule has 138 valence electrons. The first-order chi connectivity index (χ1) is 13.2. The second-order valence-corrected chi connectivity index (χ2v) is 6.57. The van der Waals surface area contributed by atoms with Crippen LogP contribution < -0.4 is 14.8 Å². The van der Waals surface area contributed by atoms with Gasteiger partial charge in [-0.3, -0.25) is 4.90 Å². The van der Waals surface area contributed by atoms with Gasteiger partial charge < -0.3 is 19.7 Å². The van der Waals surface area contributed by atoms with Crippen LogP contribution in [0.4, 0.5) is 10.5 Å². The monoisotopic (exact) mass is 364 g/mol. The lowest BCUT2D eigenvalue weighted by atomic mass is 10.1. The molecule has 2 amide bonds. The van der Waals surface area contributed by atoms with Crippen LogP contribution in [0, 0.1) is 11.3 Å². The maximum atomic E-state index is 12.4. The number of hydrogen-bond donors (Lipinski definition) is 1. The second-order valence-electron chi connectivity index (χ2n) is 6.57. The fourth-order valence-electron chi connectivity index (χ4n) is 3.28. The third-order valence-corrected chi connectivity index (χ3v) is 4.75. The Labute approximate surface area is 157 Å². The van der Waals surface area contributed by atoms with Gasteiger partial charge in [0.25, 0.3) is 0 Å². The van der Waals surface area contributed by atoms with Crippen molar-refractivity contribution in [1.82, 2.24) is 9.80 Å². The molecule has 1 saturated heterocycles. The highest BCUT2D eigenvalue weighted by molar-refractivity contribution is 5.89. The van der Waals surface area contributed by atoms with E-state index < -0.39 is 0 Å². The molecule has 0 radical (unpaired) electrons. The van der Waals surface area contributed by atoms with E-state index in [1.54, 1.807) is 29.2 Å². The summed E-state index contributed by atoms with van der Waals surface area (Å²) in [6, 6.07) is 14.9. The van der Waals surface area contributed by atoms with Gasteiger partial charge in [-0.05, 0) is 35.9 Å². The highest BCUT2D eigenvalue weighted by Crippen LogP contribution is 2.32. The number of nitriles is 1. The smallest absolute Gasteiger partial charge is 0.321 e. The van der Waals surface area contributed by atoms with Crippen LogP contribution in [-0.2, 0) is 6.54 Å². The number of carbonyl (C=O) groups is 1. The number of benzene rings is 2. The van der Waals surface area contributed by atoms with Crippen molar-refractivity contribution in [2.45, 2.75) is 6.54 Å². The van der Waals surface area contributed by atoms with Gasteiger partial charge in [0.1, 0.15) is 0 Å². The highest BCUT2D eigenvalue weighted by Gasteiger charge is 2.22. The largest absolute Gasteiger partial charge is 0.454 e. The van der Waals surface area contributed by atoms with Crippen LogP contribution in [0.25, 0.3) is 0 Å². The van der Waals surface area contributed by atoms with Gasteiger partial charge in [0.2, 0.25) is 6.79 Å². The number of fused-ring (bicyclic) bond motifs is 1. The lowest BCUT2D eigenvalue weighted by Gasteiger charge is -2.34. The average Bonchev–Trinajstić information content (AvgIpc) is 3.16. The predicted octanol–water partition coefficient (Wildman–Crippen LogP) is 2.64. The molecule has 7 nitrogen and oxygen atoms in total. The molecule has 1 N–H and O–H groups in total. The highest BCUT2D eigenvalue weighted by atomic mass is 16.7. The molecule has 0 aliphatic carbocycles. The van der Waals surface area contributed by atoms with E-state index in [9.17, 15) is 4.79 Å². The van der Waals surface area contributed by atoms with Gasteiger partial charge in [0.15, 0.2) is 11.5 Å². The zero-order valence-electron chi connectivity index (χ0n) is 14.9. The summed E-state index contributed by atoms with van der Waals surface area (Å²) in [7, 11) is 0. The molecule has 0 saturated carbocycles. The lowest BCUT2D eigenvalue weighted by Crippen LogP contribution is -2.49. The fraction of sp³-hybridized carbons (Fsp3) is 0.300. The maximum Gasteiger partial charge on any atom is 0.321 e. The molecule has 2 aromatic carbocycles. The van der Waals surface area contributed by atoms with Gasteiger partial charge in [-0.25, -0.2) is 4.79 Å². The van der Waals surface area contributed by atoms with Crippen LogP contribution in [0.3, 0.4) is 0 Å². The molecule has 7 heteroatoms. The van der Waals surface area contributed by atoms with Gasteiger partial charge in [-0.1, -0.05) is 12.1 Å². The fourth-order valence-corrected chi connectivity index (χ4v) is 3.28. The summed E-state index contributed by atoms with van der Waals surface area (Å²) < 4.78 is 10.8. The molecule has 0 unspecified atom stereocenters. The van der Waals surface area contributed by atoms with E-state index in [-0.39, 0.29) is 12.8 Å². The van der Waals surface area contributed by atoms with E-state index in [0.29, 0.717) is 24.3 Å². The summed E-state index contributed by atoms with van der Waals surface area (Å²) in [5.41, 5.74) is 2.34. The molecule has 2 heterocycles. The number of nitrogens with one attached hydrogen (secondary N) is 1. The Bertz CT molecular complexity index is 885. The van der Waals surface area contributed by atoms with Crippen LogP contribution >= 0.6 is 0 Å². The third kappa shape index (κ3) is 3.96. The molecule has 27 heavy (non-hydrogen) atoms. The number of nitrogens with zero attached hydrogens (tertiary/aromatic N) is 3. The van der Waals surface area contributed by atoms with Crippen molar-refractivity contribution in [2.24, 2.45) is 0 Å².